The van der Waals surface area contributed by atoms with Gasteiger partial charge < -0.3 is 14.2 Å². The van der Waals surface area contributed by atoms with Crippen LogP contribution in [-0.4, -0.2) is 25.3 Å². The molecule has 2 rings (SSSR count). The van der Waals surface area contributed by atoms with Crippen molar-refractivity contribution < 1.29 is 19.0 Å². The highest BCUT2D eigenvalue weighted by Gasteiger charge is 2.39. The molecule has 1 saturated heterocycles. The summed E-state index contributed by atoms with van der Waals surface area (Å²) in [7, 11) is 0. The molecule has 1 heterocycles. The van der Waals surface area contributed by atoms with Crippen LogP contribution in [0.1, 0.15) is 19.4 Å². The number of benzene rings is 1. The largest absolute Gasteiger partial charge is 0.463 e. The lowest BCUT2D eigenvalue weighted by Gasteiger charge is -2.23. The predicted octanol–water partition coefficient (Wildman–Crippen LogP) is 1.84. The smallest absolute Gasteiger partial charge is 0.302 e. The summed E-state index contributed by atoms with van der Waals surface area (Å²) in [6.45, 7) is 3.92. The van der Waals surface area contributed by atoms with Crippen molar-refractivity contribution in [1.29, 1.82) is 0 Å². The van der Waals surface area contributed by atoms with Crippen LogP contribution in [0.3, 0.4) is 0 Å². The van der Waals surface area contributed by atoms with E-state index in [1.807, 2.05) is 37.3 Å². The summed E-state index contributed by atoms with van der Waals surface area (Å²) in [5.74, 6) is -1.05. The lowest BCUT2D eigenvalue weighted by atomic mass is 10.1. The SMILES string of the molecule is CC(=O)OC[C@@H]1CO[C@@](C)(c2ccccc2)O1. The van der Waals surface area contributed by atoms with Crippen LogP contribution in [0, 0.1) is 0 Å². The third-order valence-electron chi connectivity index (χ3n) is 2.71. The van der Waals surface area contributed by atoms with Gasteiger partial charge in [0.1, 0.15) is 12.7 Å². The van der Waals surface area contributed by atoms with Gasteiger partial charge in [-0.1, -0.05) is 30.3 Å². The van der Waals surface area contributed by atoms with Gasteiger partial charge in [0.2, 0.25) is 0 Å². The summed E-state index contributed by atoms with van der Waals surface area (Å²) < 4.78 is 16.4. The van der Waals surface area contributed by atoms with Gasteiger partial charge in [-0.2, -0.15) is 0 Å². The summed E-state index contributed by atoms with van der Waals surface area (Å²) in [6.07, 6.45) is -0.205. The van der Waals surface area contributed by atoms with E-state index in [9.17, 15) is 4.79 Å². The Balaban J connectivity index is 1.99. The van der Waals surface area contributed by atoms with Gasteiger partial charge in [-0.25, -0.2) is 0 Å². The van der Waals surface area contributed by atoms with E-state index >= 15 is 0 Å². The quantitative estimate of drug-likeness (QED) is 0.751. The normalized spacial score (nSPS) is 28.0. The molecular weight excluding hydrogens is 220 g/mol. The van der Waals surface area contributed by atoms with Crippen LogP contribution < -0.4 is 0 Å². The molecule has 0 saturated carbocycles. The van der Waals surface area contributed by atoms with Crippen molar-refractivity contribution >= 4 is 5.97 Å². The number of carbonyl (C=O) groups excluding carboxylic acids is 1. The third kappa shape index (κ3) is 2.84. The van der Waals surface area contributed by atoms with Crippen LogP contribution in [0.2, 0.25) is 0 Å². The predicted molar refractivity (Wildman–Crippen MR) is 61.3 cm³/mol. The van der Waals surface area contributed by atoms with Crippen molar-refractivity contribution in [3.8, 4) is 0 Å². The number of esters is 1. The fourth-order valence-corrected chi connectivity index (χ4v) is 1.82. The molecule has 0 bridgehead atoms. The molecule has 0 radical (unpaired) electrons. The first-order valence-electron chi connectivity index (χ1n) is 5.61. The zero-order valence-corrected chi connectivity index (χ0v) is 10.0. The Labute approximate surface area is 100 Å². The highest BCUT2D eigenvalue weighted by Crippen LogP contribution is 2.33. The molecule has 4 heteroatoms. The van der Waals surface area contributed by atoms with Crippen LogP contribution in [0.15, 0.2) is 30.3 Å². The zero-order valence-electron chi connectivity index (χ0n) is 10.0. The second kappa shape index (κ2) is 4.85. The topological polar surface area (TPSA) is 44.8 Å². The molecule has 1 aromatic carbocycles. The van der Waals surface area contributed by atoms with Crippen LogP contribution in [0.25, 0.3) is 0 Å². The Morgan fingerprint density at radius 1 is 1.47 bits per heavy atom. The highest BCUT2D eigenvalue weighted by atomic mass is 16.7. The van der Waals surface area contributed by atoms with Crippen molar-refractivity contribution in [2.75, 3.05) is 13.2 Å². The summed E-state index contributed by atoms with van der Waals surface area (Å²) in [5, 5.41) is 0. The van der Waals surface area contributed by atoms with Crippen molar-refractivity contribution in [3.63, 3.8) is 0 Å². The fraction of sp³-hybridized carbons (Fsp3) is 0.462. The van der Waals surface area contributed by atoms with Crippen LogP contribution >= 0.6 is 0 Å². The van der Waals surface area contributed by atoms with Crippen molar-refractivity contribution in [3.05, 3.63) is 35.9 Å². The van der Waals surface area contributed by atoms with E-state index in [-0.39, 0.29) is 18.7 Å². The first kappa shape index (κ1) is 12.1. The lowest BCUT2D eigenvalue weighted by molar-refractivity contribution is -0.171. The van der Waals surface area contributed by atoms with Crippen LogP contribution in [0.4, 0.5) is 0 Å². The maximum Gasteiger partial charge on any atom is 0.302 e. The maximum atomic E-state index is 10.7. The van der Waals surface area contributed by atoms with Gasteiger partial charge in [0.25, 0.3) is 0 Å². The Morgan fingerprint density at radius 2 is 2.18 bits per heavy atom. The molecule has 0 N–H and O–H groups in total. The molecule has 17 heavy (non-hydrogen) atoms. The molecule has 0 unspecified atom stereocenters. The van der Waals surface area contributed by atoms with Crippen molar-refractivity contribution in [2.45, 2.75) is 25.7 Å². The summed E-state index contributed by atoms with van der Waals surface area (Å²) in [5.41, 5.74) is 0.963. The Kier molecular flexibility index (Phi) is 3.45. The minimum Gasteiger partial charge on any atom is -0.463 e. The fourth-order valence-electron chi connectivity index (χ4n) is 1.82. The van der Waals surface area contributed by atoms with E-state index in [0.717, 1.165) is 5.56 Å². The summed E-state index contributed by atoms with van der Waals surface area (Å²) >= 11 is 0. The molecular formula is C13H16O4. The third-order valence-corrected chi connectivity index (χ3v) is 2.71. The first-order valence-corrected chi connectivity index (χ1v) is 5.61. The summed E-state index contributed by atoms with van der Waals surface area (Å²) in [4.78, 5) is 10.7. The average Bonchev–Trinajstić information content (AvgIpc) is 2.71. The Bertz CT molecular complexity index is 390. The van der Waals surface area contributed by atoms with E-state index < -0.39 is 5.79 Å². The van der Waals surface area contributed by atoms with E-state index in [1.165, 1.54) is 6.92 Å². The van der Waals surface area contributed by atoms with Crippen molar-refractivity contribution in [2.24, 2.45) is 0 Å². The van der Waals surface area contributed by atoms with E-state index in [2.05, 4.69) is 0 Å². The molecule has 1 fully saturated rings. The lowest BCUT2D eigenvalue weighted by Crippen LogP contribution is -2.26. The number of hydrogen-bond acceptors (Lipinski definition) is 4. The van der Waals surface area contributed by atoms with Gasteiger partial charge in [-0.3, -0.25) is 4.79 Å². The van der Waals surface area contributed by atoms with E-state index in [1.54, 1.807) is 0 Å². The van der Waals surface area contributed by atoms with Gasteiger partial charge in [0, 0.05) is 12.5 Å². The van der Waals surface area contributed by atoms with Gasteiger partial charge in [0.15, 0.2) is 5.79 Å². The Hall–Kier alpha value is -1.39. The van der Waals surface area contributed by atoms with Crippen molar-refractivity contribution in [1.82, 2.24) is 0 Å². The summed E-state index contributed by atoms with van der Waals surface area (Å²) in [6, 6.07) is 9.72. The molecule has 0 spiro atoms. The van der Waals surface area contributed by atoms with E-state index in [0.29, 0.717) is 6.61 Å². The minimum atomic E-state index is -0.744. The number of hydrogen-bond donors (Lipinski definition) is 0. The van der Waals surface area contributed by atoms with Gasteiger partial charge in [-0.05, 0) is 6.92 Å². The van der Waals surface area contributed by atoms with Gasteiger partial charge in [0.05, 0.1) is 6.61 Å². The molecule has 0 amide bonds. The molecule has 1 aromatic rings. The standard InChI is InChI=1S/C13H16O4/c1-10(14)15-8-12-9-16-13(2,17-12)11-6-4-3-5-7-11/h3-7,12H,8-9H2,1-2H3/t12-,13-/m1/s1. The highest BCUT2D eigenvalue weighted by molar-refractivity contribution is 5.65. The maximum absolute atomic E-state index is 10.7. The zero-order chi connectivity index (χ0) is 12.3. The molecule has 0 aromatic heterocycles. The molecule has 92 valence electrons. The van der Waals surface area contributed by atoms with Gasteiger partial charge >= 0.3 is 5.97 Å². The number of carbonyl (C=O) groups is 1. The molecule has 2 atom stereocenters. The second-order valence-corrected chi connectivity index (χ2v) is 4.17. The number of rotatable bonds is 3. The average molecular weight is 236 g/mol. The second-order valence-electron chi connectivity index (χ2n) is 4.17. The minimum absolute atomic E-state index is 0.205. The van der Waals surface area contributed by atoms with E-state index in [4.69, 9.17) is 14.2 Å². The molecule has 4 nitrogen and oxygen atoms in total. The molecule has 0 aliphatic carbocycles. The van der Waals surface area contributed by atoms with Gasteiger partial charge in [-0.15, -0.1) is 0 Å². The van der Waals surface area contributed by atoms with Crippen LogP contribution in [0.5, 0.6) is 0 Å². The monoisotopic (exact) mass is 236 g/mol. The number of ether oxygens (including phenoxy) is 3. The molecule has 1 aliphatic heterocycles. The van der Waals surface area contributed by atoms with Crippen LogP contribution in [-0.2, 0) is 24.8 Å². The first-order chi connectivity index (χ1) is 8.10. The molecule has 1 aliphatic rings. The Morgan fingerprint density at radius 3 is 2.82 bits per heavy atom.